The third kappa shape index (κ3) is 53.3. The van der Waals surface area contributed by atoms with E-state index in [9.17, 15) is 0 Å². The molecule has 102 valence electrons. The van der Waals surface area contributed by atoms with E-state index in [1.54, 1.807) is 0 Å². The number of hydrogen-bond acceptors (Lipinski definition) is 4. The summed E-state index contributed by atoms with van der Waals surface area (Å²) in [5, 5.41) is 8.91. The molecule has 0 atom stereocenters. The first-order chi connectivity index (χ1) is 7.86. The van der Waals surface area contributed by atoms with Crippen LogP contribution in [-0.2, 0) is 4.79 Å². The molecule has 8 heteroatoms. The molecule has 0 spiro atoms. The van der Waals surface area contributed by atoms with E-state index in [2.05, 4.69) is 35.2 Å². The first kappa shape index (κ1) is 20.9. The SMILES string of the molecule is C=O.NC(N)=O.NC(N)=S.OC1CCCCC1. The maximum absolute atomic E-state index is 9.00. The lowest BCUT2D eigenvalue weighted by Crippen LogP contribution is -2.18. The molecule has 1 aliphatic carbocycles. The summed E-state index contributed by atoms with van der Waals surface area (Å²) in [6, 6.07) is -0.833. The van der Waals surface area contributed by atoms with Crippen LogP contribution in [0.4, 0.5) is 4.79 Å². The van der Waals surface area contributed by atoms with Crippen molar-refractivity contribution in [2.45, 2.75) is 38.2 Å². The molecule has 0 radical (unpaired) electrons. The zero-order chi connectivity index (χ0) is 14.3. The molecule has 0 aromatic carbocycles. The molecule has 0 aliphatic heterocycles. The van der Waals surface area contributed by atoms with Gasteiger partial charge in [0.05, 0.1) is 6.10 Å². The zero-order valence-corrected chi connectivity index (χ0v) is 10.6. The fraction of sp³-hybridized carbons (Fsp3) is 0.667. The van der Waals surface area contributed by atoms with E-state index in [4.69, 9.17) is 14.7 Å². The van der Waals surface area contributed by atoms with Crippen molar-refractivity contribution in [1.82, 2.24) is 0 Å². The molecule has 0 bridgehead atoms. The Morgan fingerprint density at radius 1 is 1.06 bits per heavy atom. The maximum Gasteiger partial charge on any atom is 0.309 e. The number of urea groups is 1. The maximum atomic E-state index is 9.00. The highest BCUT2D eigenvalue weighted by Crippen LogP contribution is 2.16. The Morgan fingerprint density at radius 2 is 1.29 bits per heavy atom. The summed E-state index contributed by atoms with van der Waals surface area (Å²) in [4.78, 5) is 17.0. The van der Waals surface area contributed by atoms with Crippen molar-refractivity contribution in [1.29, 1.82) is 0 Å². The number of primary amides is 2. The lowest BCUT2D eigenvalue weighted by atomic mass is 9.98. The van der Waals surface area contributed by atoms with Crippen LogP contribution in [0.25, 0.3) is 0 Å². The Bertz CT molecular complexity index is 179. The van der Waals surface area contributed by atoms with Gasteiger partial charge >= 0.3 is 6.03 Å². The predicted molar refractivity (Wildman–Crippen MR) is 71.0 cm³/mol. The van der Waals surface area contributed by atoms with E-state index in [1.165, 1.54) is 19.3 Å². The van der Waals surface area contributed by atoms with Crippen LogP contribution in [-0.4, -0.2) is 29.1 Å². The van der Waals surface area contributed by atoms with Crippen molar-refractivity contribution >= 4 is 30.2 Å². The molecular weight excluding hydrogens is 244 g/mol. The minimum atomic E-state index is -0.833. The van der Waals surface area contributed by atoms with Crippen molar-refractivity contribution in [2.75, 3.05) is 0 Å². The van der Waals surface area contributed by atoms with Crippen LogP contribution in [0.15, 0.2) is 0 Å². The van der Waals surface area contributed by atoms with Crippen LogP contribution in [0.3, 0.4) is 0 Å². The number of aliphatic hydroxyl groups excluding tert-OH is 1. The van der Waals surface area contributed by atoms with Crippen LogP contribution in [0.1, 0.15) is 32.1 Å². The van der Waals surface area contributed by atoms with E-state index in [0.29, 0.717) is 0 Å². The summed E-state index contributed by atoms with van der Waals surface area (Å²) in [5.41, 5.74) is 17.7. The van der Waals surface area contributed by atoms with Gasteiger partial charge < -0.3 is 32.8 Å². The van der Waals surface area contributed by atoms with Gasteiger partial charge in [0.1, 0.15) is 6.79 Å². The average Bonchev–Trinajstić information content (AvgIpc) is 2.20. The second-order valence-electron chi connectivity index (χ2n) is 3.10. The number of hydrogen-bond donors (Lipinski definition) is 5. The number of carbonyl (C=O) groups excluding carboxylic acids is 2. The normalized spacial score (nSPS) is 13.5. The summed E-state index contributed by atoms with van der Waals surface area (Å²) in [6.07, 6.45) is 5.92. The molecule has 0 heterocycles. The van der Waals surface area contributed by atoms with Gasteiger partial charge in [-0.25, -0.2) is 4.79 Å². The molecule has 0 aromatic heterocycles. The summed E-state index contributed by atoms with van der Waals surface area (Å²) in [5.74, 6) is 0. The van der Waals surface area contributed by atoms with Gasteiger partial charge in [0.2, 0.25) is 0 Å². The predicted octanol–water partition coefficient (Wildman–Crippen LogP) is -0.661. The van der Waals surface area contributed by atoms with Crippen LogP contribution in [0.5, 0.6) is 0 Å². The molecule has 1 rings (SSSR count). The molecular formula is C9H22N4O3S. The van der Waals surface area contributed by atoms with Crippen molar-refractivity contribution in [3.05, 3.63) is 0 Å². The van der Waals surface area contributed by atoms with Gasteiger partial charge in [0, 0.05) is 0 Å². The molecule has 0 saturated heterocycles. The van der Waals surface area contributed by atoms with Gasteiger partial charge in [0.25, 0.3) is 0 Å². The molecule has 2 amide bonds. The van der Waals surface area contributed by atoms with E-state index in [0.717, 1.165) is 12.8 Å². The first-order valence-corrected chi connectivity index (χ1v) is 5.33. The van der Waals surface area contributed by atoms with Gasteiger partial charge in [0.15, 0.2) is 5.11 Å². The molecule has 1 aliphatic rings. The Labute approximate surface area is 107 Å². The molecule has 1 saturated carbocycles. The molecule has 1 fully saturated rings. The van der Waals surface area contributed by atoms with Crippen LogP contribution >= 0.6 is 12.2 Å². The van der Waals surface area contributed by atoms with E-state index in [-0.39, 0.29) is 11.2 Å². The standard InChI is InChI=1S/C6H12O.CH4N2O.CH4N2S.CH2O/c7-6-4-2-1-3-5-6;2*2-1(3)4;1-2/h6-7H,1-5H2;2*(H4,2,3,4);1H2. The number of aliphatic hydroxyl groups is 1. The Hall–Kier alpha value is -1.41. The topological polar surface area (TPSA) is 158 Å². The number of amides is 2. The minimum Gasteiger partial charge on any atom is -0.393 e. The summed E-state index contributed by atoms with van der Waals surface area (Å²) >= 11 is 4.09. The van der Waals surface area contributed by atoms with Gasteiger partial charge in [-0.1, -0.05) is 19.3 Å². The third-order valence-electron chi connectivity index (χ3n) is 1.57. The van der Waals surface area contributed by atoms with E-state index >= 15 is 0 Å². The quantitative estimate of drug-likeness (QED) is 0.366. The molecule has 9 N–H and O–H groups in total. The van der Waals surface area contributed by atoms with Gasteiger partial charge in [-0.3, -0.25) is 0 Å². The van der Waals surface area contributed by atoms with Crippen LogP contribution in [0.2, 0.25) is 0 Å². The average molecular weight is 266 g/mol. The van der Waals surface area contributed by atoms with Gasteiger partial charge in [-0.05, 0) is 25.1 Å². The second-order valence-corrected chi connectivity index (χ2v) is 3.57. The fourth-order valence-corrected chi connectivity index (χ4v) is 1.08. The monoisotopic (exact) mass is 266 g/mol. The largest absolute Gasteiger partial charge is 0.393 e. The molecule has 0 aromatic rings. The van der Waals surface area contributed by atoms with Crippen molar-refractivity contribution in [3.8, 4) is 0 Å². The highest BCUT2D eigenvalue weighted by atomic mass is 32.1. The first-order valence-electron chi connectivity index (χ1n) is 4.93. The highest BCUT2D eigenvalue weighted by Gasteiger charge is 2.07. The highest BCUT2D eigenvalue weighted by molar-refractivity contribution is 7.80. The van der Waals surface area contributed by atoms with Gasteiger partial charge in [-0.15, -0.1) is 0 Å². The molecule has 7 nitrogen and oxygen atoms in total. The summed E-state index contributed by atoms with van der Waals surface area (Å²) in [6.45, 7) is 2.00. The second kappa shape index (κ2) is 17.0. The number of rotatable bonds is 0. The third-order valence-corrected chi connectivity index (χ3v) is 1.57. The summed E-state index contributed by atoms with van der Waals surface area (Å²) in [7, 11) is 0. The minimum absolute atomic E-state index is 0.000000000000000222. The van der Waals surface area contributed by atoms with Crippen molar-refractivity contribution in [3.63, 3.8) is 0 Å². The van der Waals surface area contributed by atoms with Gasteiger partial charge in [-0.2, -0.15) is 0 Å². The van der Waals surface area contributed by atoms with Crippen molar-refractivity contribution < 1.29 is 14.7 Å². The number of nitrogens with two attached hydrogens (primary N) is 4. The van der Waals surface area contributed by atoms with Crippen LogP contribution < -0.4 is 22.9 Å². The Kier molecular flexibility index (Phi) is 20.9. The van der Waals surface area contributed by atoms with Crippen molar-refractivity contribution in [2.24, 2.45) is 22.9 Å². The number of thiocarbonyl (C=S) groups is 1. The molecule has 17 heavy (non-hydrogen) atoms. The number of carbonyl (C=O) groups is 2. The fourth-order valence-electron chi connectivity index (χ4n) is 1.08. The summed E-state index contributed by atoms with van der Waals surface area (Å²) < 4.78 is 0. The van der Waals surface area contributed by atoms with E-state index in [1.807, 2.05) is 6.79 Å². The zero-order valence-electron chi connectivity index (χ0n) is 9.80. The Morgan fingerprint density at radius 3 is 1.41 bits per heavy atom. The Balaban J connectivity index is -0.000000172. The lowest BCUT2D eigenvalue weighted by Gasteiger charge is -2.14. The van der Waals surface area contributed by atoms with Crippen LogP contribution in [0, 0.1) is 0 Å². The molecule has 0 unspecified atom stereocenters. The lowest BCUT2D eigenvalue weighted by molar-refractivity contribution is -0.0979. The smallest absolute Gasteiger partial charge is 0.309 e. The van der Waals surface area contributed by atoms with E-state index < -0.39 is 6.03 Å².